The quantitative estimate of drug-likeness (QED) is 0.681. The van der Waals surface area contributed by atoms with Crippen molar-refractivity contribution in [2.24, 2.45) is 5.92 Å². The predicted octanol–water partition coefficient (Wildman–Crippen LogP) is 2.68. The zero-order chi connectivity index (χ0) is 17.3. The Morgan fingerprint density at radius 2 is 2.08 bits per heavy atom. The van der Waals surface area contributed by atoms with Gasteiger partial charge in [0, 0.05) is 30.9 Å². The lowest BCUT2D eigenvalue weighted by molar-refractivity contribution is -0.384. The van der Waals surface area contributed by atoms with E-state index in [9.17, 15) is 19.7 Å². The minimum Gasteiger partial charge on any atom is -0.336 e. The number of hydrogen-bond donors (Lipinski definition) is 1. The molecule has 3 rings (SSSR count). The minimum atomic E-state index is -0.474. The summed E-state index contributed by atoms with van der Waals surface area (Å²) in [5.41, 5.74) is 1.17. The molecule has 124 valence electrons. The van der Waals surface area contributed by atoms with Gasteiger partial charge in [0.15, 0.2) is 0 Å². The van der Waals surface area contributed by atoms with Crippen LogP contribution < -0.4 is 5.32 Å². The third-order valence-corrected chi connectivity index (χ3v) is 4.81. The summed E-state index contributed by atoms with van der Waals surface area (Å²) in [5, 5.41) is 15.3. The summed E-state index contributed by atoms with van der Waals surface area (Å²) in [4.78, 5) is 36.9. The van der Waals surface area contributed by atoms with Crippen LogP contribution in [0.15, 0.2) is 35.7 Å². The van der Waals surface area contributed by atoms with Crippen molar-refractivity contribution in [3.63, 3.8) is 0 Å². The van der Waals surface area contributed by atoms with Crippen molar-refractivity contribution in [1.29, 1.82) is 0 Å². The molecule has 1 aliphatic rings. The largest absolute Gasteiger partial charge is 0.336 e. The van der Waals surface area contributed by atoms with Crippen LogP contribution >= 0.6 is 11.3 Å². The molecule has 0 unspecified atom stereocenters. The van der Waals surface area contributed by atoms with E-state index in [4.69, 9.17) is 0 Å². The first-order chi connectivity index (χ1) is 11.5. The number of carbonyl (C=O) groups excluding carboxylic acids is 2. The van der Waals surface area contributed by atoms with Crippen molar-refractivity contribution in [3.05, 3.63) is 56.3 Å². The van der Waals surface area contributed by atoms with Crippen LogP contribution in [0.1, 0.15) is 15.2 Å². The van der Waals surface area contributed by atoms with Crippen LogP contribution in [0, 0.1) is 23.0 Å². The lowest BCUT2D eigenvalue weighted by Gasteiger charge is -2.38. The summed E-state index contributed by atoms with van der Waals surface area (Å²) in [7, 11) is 0. The summed E-state index contributed by atoms with van der Waals surface area (Å²) >= 11 is 1.38. The Kier molecular flexibility index (Phi) is 4.30. The van der Waals surface area contributed by atoms with Crippen LogP contribution in [0.4, 0.5) is 11.4 Å². The predicted molar refractivity (Wildman–Crippen MR) is 90.2 cm³/mol. The van der Waals surface area contributed by atoms with Gasteiger partial charge in [0.05, 0.1) is 15.7 Å². The first-order valence-corrected chi connectivity index (χ1v) is 8.22. The summed E-state index contributed by atoms with van der Waals surface area (Å²) in [6.07, 6.45) is 0. The van der Waals surface area contributed by atoms with Crippen LogP contribution in [0.25, 0.3) is 0 Å². The molecule has 1 aliphatic heterocycles. The van der Waals surface area contributed by atoms with Gasteiger partial charge in [-0.2, -0.15) is 0 Å². The number of amides is 2. The molecule has 0 radical (unpaired) electrons. The van der Waals surface area contributed by atoms with Crippen LogP contribution in [-0.4, -0.2) is 34.7 Å². The molecule has 1 N–H and O–H groups in total. The van der Waals surface area contributed by atoms with Crippen molar-refractivity contribution in [3.8, 4) is 0 Å². The number of thiophene rings is 1. The molecule has 0 atom stereocenters. The fourth-order valence-electron chi connectivity index (χ4n) is 2.50. The first kappa shape index (κ1) is 16.1. The number of nitro groups is 1. The van der Waals surface area contributed by atoms with Crippen molar-refractivity contribution in [1.82, 2.24) is 4.90 Å². The normalized spacial score (nSPS) is 14.1. The molecule has 1 fully saturated rings. The Bertz CT molecular complexity index is 798. The Labute approximate surface area is 142 Å². The Morgan fingerprint density at radius 3 is 2.67 bits per heavy atom. The molecule has 2 aromatic rings. The van der Waals surface area contributed by atoms with E-state index in [1.54, 1.807) is 17.9 Å². The molecule has 24 heavy (non-hydrogen) atoms. The number of carbonyl (C=O) groups is 2. The van der Waals surface area contributed by atoms with E-state index in [2.05, 4.69) is 5.32 Å². The van der Waals surface area contributed by atoms with Crippen LogP contribution in [0.2, 0.25) is 0 Å². The maximum atomic E-state index is 12.2. The Hall–Kier alpha value is -2.74. The summed E-state index contributed by atoms with van der Waals surface area (Å²) in [6.45, 7) is 2.47. The Morgan fingerprint density at radius 1 is 1.33 bits per heavy atom. The molecule has 0 bridgehead atoms. The highest BCUT2D eigenvalue weighted by Gasteiger charge is 2.36. The highest BCUT2D eigenvalue weighted by atomic mass is 32.1. The van der Waals surface area contributed by atoms with E-state index in [1.165, 1.54) is 29.5 Å². The molecular weight excluding hydrogens is 330 g/mol. The number of nitrogens with zero attached hydrogens (tertiary/aromatic N) is 2. The second-order valence-corrected chi connectivity index (χ2v) is 6.58. The van der Waals surface area contributed by atoms with E-state index in [0.717, 1.165) is 0 Å². The first-order valence-electron chi connectivity index (χ1n) is 7.34. The van der Waals surface area contributed by atoms with Gasteiger partial charge in [-0.05, 0) is 30.0 Å². The summed E-state index contributed by atoms with van der Waals surface area (Å²) in [6, 6.07) is 7.89. The van der Waals surface area contributed by atoms with Crippen LogP contribution in [-0.2, 0) is 4.79 Å². The minimum absolute atomic E-state index is 0.0122. The molecule has 2 heterocycles. The maximum Gasteiger partial charge on any atom is 0.269 e. The number of nitro benzene ring substituents is 1. The van der Waals surface area contributed by atoms with Gasteiger partial charge in [0.1, 0.15) is 0 Å². The Balaban J connectivity index is 1.57. The summed E-state index contributed by atoms with van der Waals surface area (Å²) in [5.74, 6) is -0.494. The van der Waals surface area contributed by atoms with E-state index >= 15 is 0 Å². The molecule has 1 saturated heterocycles. The van der Waals surface area contributed by atoms with Gasteiger partial charge in [-0.1, -0.05) is 6.07 Å². The van der Waals surface area contributed by atoms with E-state index in [0.29, 0.717) is 29.2 Å². The molecule has 8 heteroatoms. The van der Waals surface area contributed by atoms with Gasteiger partial charge in [-0.15, -0.1) is 11.3 Å². The second kappa shape index (κ2) is 6.40. The number of non-ortho nitro benzene ring substituents is 1. The molecular formula is C16H15N3O4S. The lowest BCUT2D eigenvalue weighted by Crippen LogP contribution is -2.54. The number of rotatable bonds is 4. The smallest absolute Gasteiger partial charge is 0.269 e. The summed E-state index contributed by atoms with van der Waals surface area (Å²) < 4.78 is 0. The molecule has 1 aromatic carbocycles. The zero-order valence-electron chi connectivity index (χ0n) is 12.9. The van der Waals surface area contributed by atoms with E-state index in [1.807, 2.05) is 11.4 Å². The molecule has 7 nitrogen and oxygen atoms in total. The van der Waals surface area contributed by atoms with Crippen molar-refractivity contribution in [2.75, 3.05) is 18.4 Å². The van der Waals surface area contributed by atoms with Crippen LogP contribution in [0.5, 0.6) is 0 Å². The molecule has 2 amide bonds. The van der Waals surface area contributed by atoms with Gasteiger partial charge >= 0.3 is 0 Å². The highest BCUT2D eigenvalue weighted by molar-refractivity contribution is 7.12. The lowest BCUT2D eigenvalue weighted by atomic mass is 9.98. The highest BCUT2D eigenvalue weighted by Crippen LogP contribution is 2.25. The molecule has 0 saturated carbocycles. The van der Waals surface area contributed by atoms with Gasteiger partial charge in [-0.3, -0.25) is 19.7 Å². The van der Waals surface area contributed by atoms with Gasteiger partial charge < -0.3 is 10.2 Å². The third-order valence-electron chi connectivity index (χ3n) is 3.95. The maximum absolute atomic E-state index is 12.2. The fraction of sp³-hybridized carbons (Fsp3) is 0.250. The van der Waals surface area contributed by atoms with Gasteiger partial charge in [0.2, 0.25) is 5.91 Å². The average molecular weight is 345 g/mol. The van der Waals surface area contributed by atoms with Crippen LogP contribution in [0.3, 0.4) is 0 Å². The van der Waals surface area contributed by atoms with Gasteiger partial charge in [0.25, 0.3) is 11.6 Å². The molecule has 1 aromatic heterocycles. The third kappa shape index (κ3) is 3.13. The number of hydrogen-bond acceptors (Lipinski definition) is 5. The van der Waals surface area contributed by atoms with E-state index in [-0.39, 0.29) is 23.4 Å². The number of aryl methyl sites for hydroxylation is 1. The topological polar surface area (TPSA) is 92.6 Å². The second-order valence-electron chi connectivity index (χ2n) is 5.63. The number of likely N-dealkylation sites (tertiary alicyclic amines) is 1. The SMILES string of the molecule is Cc1cc([N+](=O)[O-])ccc1NC(=O)C1CN(C(=O)c2cccs2)C1. The number of anilines is 1. The fourth-order valence-corrected chi connectivity index (χ4v) is 3.19. The number of benzene rings is 1. The van der Waals surface area contributed by atoms with Crippen molar-refractivity contribution >= 4 is 34.5 Å². The standard InChI is InChI=1S/C16H15N3O4S/c1-10-7-12(19(22)23)4-5-13(10)17-15(20)11-8-18(9-11)16(21)14-3-2-6-24-14/h2-7,11H,8-9H2,1H3,(H,17,20). The van der Waals surface area contributed by atoms with Crippen molar-refractivity contribution < 1.29 is 14.5 Å². The average Bonchev–Trinajstić information content (AvgIpc) is 3.01. The van der Waals surface area contributed by atoms with E-state index < -0.39 is 4.92 Å². The molecule has 0 aliphatic carbocycles. The number of nitrogens with one attached hydrogen (secondary N) is 1. The molecule has 0 spiro atoms. The monoisotopic (exact) mass is 345 g/mol. The zero-order valence-corrected chi connectivity index (χ0v) is 13.7. The van der Waals surface area contributed by atoms with Gasteiger partial charge in [-0.25, -0.2) is 0 Å². The van der Waals surface area contributed by atoms with Crippen molar-refractivity contribution in [2.45, 2.75) is 6.92 Å².